The molecule has 0 aromatic carbocycles. The molecule has 0 radical (unpaired) electrons. The molecule has 1 fully saturated rings. The van der Waals surface area contributed by atoms with Crippen LogP contribution in [0.15, 0.2) is 18.3 Å². The Labute approximate surface area is 114 Å². The van der Waals surface area contributed by atoms with Crippen molar-refractivity contribution in [2.75, 3.05) is 44.2 Å². The number of anilines is 1. The number of hydrogen-bond acceptors (Lipinski definition) is 4. The summed E-state index contributed by atoms with van der Waals surface area (Å²) >= 11 is 0. The number of nitrogens with two attached hydrogens (primary N) is 1. The van der Waals surface area contributed by atoms with Crippen LogP contribution in [0.3, 0.4) is 0 Å². The Morgan fingerprint density at radius 2 is 1.89 bits per heavy atom. The lowest BCUT2D eigenvalue weighted by molar-refractivity contribution is 0.252. The first-order valence-electron chi connectivity index (χ1n) is 7.08. The highest BCUT2D eigenvalue weighted by molar-refractivity contribution is 5.38. The number of pyridine rings is 1. The van der Waals surface area contributed by atoms with Crippen LogP contribution >= 0.6 is 0 Å². The van der Waals surface area contributed by atoms with Gasteiger partial charge in [0.2, 0.25) is 0 Å². The molecule has 1 aromatic rings. The van der Waals surface area contributed by atoms with Crippen LogP contribution in [-0.4, -0.2) is 49.2 Å². The standard InChI is InChI=1S/C14H23FN4/c15-13-4-5-14(17-12-13)19-10-8-18(9-11-19)7-3-1-2-6-16/h4-5,12H,1-3,6-11,16H2. The highest BCUT2D eigenvalue weighted by Gasteiger charge is 2.17. The van der Waals surface area contributed by atoms with Crippen LogP contribution in [0.2, 0.25) is 0 Å². The Morgan fingerprint density at radius 3 is 2.53 bits per heavy atom. The van der Waals surface area contributed by atoms with E-state index in [1.165, 1.54) is 25.1 Å². The number of rotatable bonds is 6. The monoisotopic (exact) mass is 266 g/mol. The van der Waals surface area contributed by atoms with Gasteiger partial charge in [-0.3, -0.25) is 4.90 Å². The Balaban J connectivity index is 1.71. The number of hydrogen-bond donors (Lipinski definition) is 1. The van der Waals surface area contributed by atoms with Crippen LogP contribution in [0.25, 0.3) is 0 Å². The number of halogens is 1. The molecule has 19 heavy (non-hydrogen) atoms. The van der Waals surface area contributed by atoms with Gasteiger partial charge in [-0.2, -0.15) is 0 Å². The zero-order valence-corrected chi connectivity index (χ0v) is 11.4. The van der Waals surface area contributed by atoms with E-state index in [0.29, 0.717) is 0 Å². The molecular formula is C14H23FN4. The van der Waals surface area contributed by atoms with Crippen LogP contribution in [0, 0.1) is 5.82 Å². The van der Waals surface area contributed by atoms with E-state index in [1.54, 1.807) is 6.07 Å². The van der Waals surface area contributed by atoms with Gasteiger partial charge in [0.05, 0.1) is 6.20 Å². The summed E-state index contributed by atoms with van der Waals surface area (Å²) in [5.41, 5.74) is 5.49. The van der Waals surface area contributed by atoms with Crippen LogP contribution in [0.4, 0.5) is 10.2 Å². The van der Waals surface area contributed by atoms with Gasteiger partial charge in [-0.1, -0.05) is 6.42 Å². The molecule has 0 bridgehead atoms. The van der Waals surface area contributed by atoms with Crippen molar-refractivity contribution in [2.45, 2.75) is 19.3 Å². The molecular weight excluding hydrogens is 243 g/mol. The van der Waals surface area contributed by atoms with Crippen LogP contribution in [0.1, 0.15) is 19.3 Å². The molecule has 0 unspecified atom stereocenters. The van der Waals surface area contributed by atoms with Gasteiger partial charge >= 0.3 is 0 Å². The normalized spacial score (nSPS) is 16.8. The van der Waals surface area contributed by atoms with Crippen molar-refractivity contribution < 1.29 is 4.39 Å². The summed E-state index contributed by atoms with van der Waals surface area (Å²) in [5, 5.41) is 0. The lowest BCUT2D eigenvalue weighted by Crippen LogP contribution is -2.46. The maximum absolute atomic E-state index is 12.8. The van der Waals surface area contributed by atoms with Gasteiger partial charge in [-0.25, -0.2) is 9.37 Å². The van der Waals surface area contributed by atoms with Crippen molar-refractivity contribution in [3.05, 3.63) is 24.1 Å². The van der Waals surface area contributed by atoms with E-state index < -0.39 is 0 Å². The Morgan fingerprint density at radius 1 is 1.11 bits per heavy atom. The molecule has 1 saturated heterocycles. The molecule has 4 nitrogen and oxygen atoms in total. The maximum Gasteiger partial charge on any atom is 0.141 e. The first kappa shape index (κ1) is 14.2. The summed E-state index contributed by atoms with van der Waals surface area (Å²) in [5.74, 6) is 0.603. The van der Waals surface area contributed by atoms with Crippen LogP contribution in [-0.2, 0) is 0 Å². The zero-order valence-electron chi connectivity index (χ0n) is 11.4. The first-order valence-corrected chi connectivity index (χ1v) is 7.08. The van der Waals surface area contributed by atoms with E-state index in [9.17, 15) is 4.39 Å². The van der Waals surface area contributed by atoms with Crippen molar-refractivity contribution in [1.29, 1.82) is 0 Å². The first-order chi connectivity index (χ1) is 9.29. The molecule has 0 aliphatic carbocycles. The second-order valence-electron chi connectivity index (χ2n) is 5.01. The van der Waals surface area contributed by atoms with Gasteiger partial charge in [0.1, 0.15) is 11.6 Å². The minimum absolute atomic E-state index is 0.276. The largest absolute Gasteiger partial charge is 0.354 e. The molecule has 0 spiro atoms. The quantitative estimate of drug-likeness (QED) is 0.792. The Bertz CT molecular complexity index is 360. The van der Waals surface area contributed by atoms with Crippen molar-refractivity contribution in [1.82, 2.24) is 9.88 Å². The van der Waals surface area contributed by atoms with Gasteiger partial charge in [0.25, 0.3) is 0 Å². The minimum Gasteiger partial charge on any atom is -0.354 e. The fourth-order valence-corrected chi connectivity index (χ4v) is 2.41. The molecule has 0 atom stereocenters. The summed E-state index contributed by atoms with van der Waals surface area (Å²) in [6, 6.07) is 3.23. The van der Waals surface area contributed by atoms with Gasteiger partial charge in [-0.15, -0.1) is 0 Å². The Kier molecular flexibility index (Phi) is 5.54. The molecule has 1 aromatic heterocycles. The third-order valence-electron chi connectivity index (χ3n) is 3.59. The minimum atomic E-state index is -0.276. The van der Waals surface area contributed by atoms with Crippen molar-refractivity contribution >= 4 is 5.82 Å². The van der Waals surface area contributed by atoms with E-state index in [0.717, 1.165) is 51.5 Å². The number of aromatic nitrogens is 1. The SMILES string of the molecule is NCCCCCN1CCN(c2ccc(F)cn2)CC1. The highest BCUT2D eigenvalue weighted by atomic mass is 19.1. The topological polar surface area (TPSA) is 45.4 Å². The lowest BCUT2D eigenvalue weighted by Gasteiger charge is -2.35. The van der Waals surface area contributed by atoms with Gasteiger partial charge < -0.3 is 10.6 Å². The second kappa shape index (κ2) is 7.40. The van der Waals surface area contributed by atoms with E-state index in [4.69, 9.17) is 5.73 Å². The molecule has 106 valence electrons. The molecule has 1 aliphatic heterocycles. The summed E-state index contributed by atoms with van der Waals surface area (Å²) in [6.45, 7) is 6.00. The molecule has 2 N–H and O–H groups in total. The number of unbranched alkanes of at least 4 members (excludes halogenated alkanes) is 2. The fourth-order valence-electron chi connectivity index (χ4n) is 2.41. The van der Waals surface area contributed by atoms with Gasteiger partial charge in [0.15, 0.2) is 0 Å². The van der Waals surface area contributed by atoms with Crippen molar-refractivity contribution in [2.24, 2.45) is 5.73 Å². The number of nitrogens with zero attached hydrogens (tertiary/aromatic N) is 3. The number of piperazine rings is 1. The van der Waals surface area contributed by atoms with Crippen LogP contribution < -0.4 is 10.6 Å². The average molecular weight is 266 g/mol. The molecule has 0 saturated carbocycles. The summed E-state index contributed by atoms with van der Waals surface area (Å²) in [6.07, 6.45) is 4.86. The molecule has 1 aliphatic rings. The van der Waals surface area contributed by atoms with E-state index in [1.807, 2.05) is 0 Å². The summed E-state index contributed by atoms with van der Waals surface area (Å²) in [4.78, 5) is 8.83. The molecule has 2 rings (SSSR count). The molecule has 5 heteroatoms. The van der Waals surface area contributed by atoms with Crippen molar-refractivity contribution in [3.8, 4) is 0 Å². The third-order valence-corrected chi connectivity index (χ3v) is 3.59. The second-order valence-corrected chi connectivity index (χ2v) is 5.01. The predicted octanol–water partition coefficient (Wildman–Crippen LogP) is 1.47. The zero-order chi connectivity index (χ0) is 13.5. The molecule has 2 heterocycles. The van der Waals surface area contributed by atoms with E-state index in [2.05, 4.69) is 14.8 Å². The van der Waals surface area contributed by atoms with Crippen LogP contribution in [0.5, 0.6) is 0 Å². The van der Waals surface area contributed by atoms with E-state index >= 15 is 0 Å². The molecule has 0 amide bonds. The van der Waals surface area contributed by atoms with Crippen molar-refractivity contribution in [3.63, 3.8) is 0 Å². The highest BCUT2D eigenvalue weighted by Crippen LogP contribution is 2.14. The van der Waals surface area contributed by atoms with E-state index in [-0.39, 0.29) is 5.82 Å². The smallest absolute Gasteiger partial charge is 0.141 e. The average Bonchev–Trinajstić information content (AvgIpc) is 2.45. The third kappa shape index (κ3) is 4.44. The fraction of sp³-hybridized carbons (Fsp3) is 0.643. The predicted molar refractivity (Wildman–Crippen MR) is 75.8 cm³/mol. The van der Waals surface area contributed by atoms with Gasteiger partial charge in [-0.05, 0) is 38.1 Å². The Hall–Kier alpha value is -1.20. The summed E-state index contributed by atoms with van der Waals surface area (Å²) < 4.78 is 12.8. The maximum atomic E-state index is 12.8. The lowest BCUT2D eigenvalue weighted by atomic mass is 10.2. The van der Waals surface area contributed by atoms with Gasteiger partial charge in [0, 0.05) is 26.2 Å². The summed E-state index contributed by atoms with van der Waals surface area (Å²) in [7, 11) is 0.